The Morgan fingerprint density at radius 3 is 2.14 bits per heavy atom. The molecule has 0 spiro atoms. The summed E-state index contributed by atoms with van der Waals surface area (Å²) in [5.41, 5.74) is 6.80. The van der Waals surface area contributed by atoms with Crippen molar-refractivity contribution in [2.45, 2.75) is 58.0 Å². The van der Waals surface area contributed by atoms with Crippen LogP contribution in [0.15, 0.2) is 24.3 Å². The first-order chi connectivity index (χ1) is 9.98. The lowest BCUT2D eigenvalue weighted by Crippen LogP contribution is -2.58. The van der Waals surface area contributed by atoms with Crippen LogP contribution in [-0.2, 0) is 5.54 Å². The molecule has 2 nitrogen and oxygen atoms in total. The van der Waals surface area contributed by atoms with Gasteiger partial charge in [-0.15, -0.1) is 0 Å². The van der Waals surface area contributed by atoms with Crippen molar-refractivity contribution < 1.29 is 4.39 Å². The Bertz CT molecular complexity index is 452. The zero-order chi connectivity index (χ0) is 15.5. The monoisotopic (exact) mass is 292 g/mol. The van der Waals surface area contributed by atoms with Crippen LogP contribution in [-0.4, -0.2) is 24.0 Å². The average molecular weight is 292 g/mol. The van der Waals surface area contributed by atoms with Gasteiger partial charge in [-0.25, -0.2) is 4.39 Å². The van der Waals surface area contributed by atoms with Crippen LogP contribution in [0.1, 0.15) is 52.0 Å². The number of hydrogen-bond acceptors (Lipinski definition) is 2. The van der Waals surface area contributed by atoms with Crippen molar-refractivity contribution in [1.29, 1.82) is 0 Å². The maximum atomic E-state index is 14.4. The van der Waals surface area contributed by atoms with E-state index in [9.17, 15) is 4.39 Å². The van der Waals surface area contributed by atoms with Gasteiger partial charge in [-0.05, 0) is 44.8 Å². The Balaban J connectivity index is 2.35. The number of halogens is 1. The molecule has 1 saturated heterocycles. The summed E-state index contributed by atoms with van der Waals surface area (Å²) in [5, 5.41) is 0. The molecule has 0 saturated carbocycles. The highest BCUT2D eigenvalue weighted by Gasteiger charge is 2.41. The maximum Gasteiger partial charge on any atom is 0.128 e. The van der Waals surface area contributed by atoms with Gasteiger partial charge in [0.05, 0.1) is 5.54 Å². The van der Waals surface area contributed by atoms with Crippen LogP contribution in [0.5, 0.6) is 0 Å². The van der Waals surface area contributed by atoms with Crippen molar-refractivity contribution in [2.75, 3.05) is 13.1 Å². The molecule has 0 bridgehead atoms. The Kier molecular flexibility index (Phi) is 5.39. The number of rotatable bonds is 4. The van der Waals surface area contributed by atoms with Gasteiger partial charge in [-0.2, -0.15) is 0 Å². The van der Waals surface area contributed by atoms with E-state index in [4.69, 9.17) is 5.73 Å². The predicted molar refractivity (Wildman–Crippen MR) is 86.6 cm³/mol. The first-order valence-electron chi connectivity index (χ1n) is 8.26. The van der Waals surface area contributed by atoms with Gasteiger partial charge in [0.2, 0.25) is 0 Å². The van der Waals surface area contributed by atoms with Gasteiger partial charge >= 0.3 is 0 Å². The van der Waals surface area contributed by atoms with E-state index in [-0.39, 0.29) is 17.8 Å². The summed E-state index contributed by atoms with van der Waals surface area (Å²) in [4.78, 5) is 2.46. The third-order valence-electron chi connectivity index (χ3n) is 5.18. The zero-order valence-electron chi connectivity index (χ0n) is 13.6. The largest absolute Gasteiger partial charge is 0.320 e. The second kappa shape index (κ2) is 6.89. The van der Waals surface area contributed by atoms with Crippen LogP contribution >= 0.6 is 0 Å². The topological polar surface area (TPSA) is 29.3 Å². The van der Waals surface area contributed by atoms with Crippen LogP contribution in [0, 0.1) is 11.7 Å². The SMILES string of the molecule is CC(C)C(N)(c1ccccc1F)C(C)N1CCCCCC1. The molecule has 0 radical (unpaired) electrons. The first kappa shape index (κ1) is 16.4. The van der Waals surface area contributed by atoms with Gasteiger partial charge in [0, 0.05) is 11.6 Å². The fraction of sp³-hybridized carbons (Fsp3) is 0.667. The molecule has 2 atom stereocenters. The quantitative estimate of drug-likeness (QED) is 0.912. The van der Waals surface area contributed by atoms with Crippen molar-refractivity contribution in [3.8, 4) is 0 Å². The Morgan fingerprint density at radius 2 is 1.62 bits per heavy atom. The number of nitrogens with zero attached hydrogens (tertiary/aromatic N) is 1. The van der Waals surface area contributed by atoms with Gasteiger partial charge in [0.1, 0.15) is 5.82 Å². The zero-order valence-corrected chi connectivity index (χ0v) is 13.6. The molecular weight excluding hydrogens is 263 g/mol. The minimum atomic E-state index is -0.657. The second-order valence-electron chi connectivity index (χ2n) is 6.69. The summed E-state index contributed by atoms with van der Waals surface area (Å²) >= 11 is 0. The Morgan fingerprint density at radius 1 is 1.05 bits per heavy atom. The molecule has 2 unspecified atom stereocenters. The highest BCUT2D eigenvalue weighted by Crippen LogP contribution is 2.35. The third kappa shape index (κ3) is 3.29. The lowest BCUT2D eigenvalue weighted by atomic mass is 9.74. The molecule has 1 aromatic carbocycles. The molecule has 1 fully saturated rings. The van der Waals surface area contributed by atoms with Crippen molar-refractivity contribution in [3.05, 3.63) is 35.6 Å². The van der Waals surface area contributed by atoms with Gasteiger partial charge < -0.3 is 5.73 Å². The molecule has 2 N–H and O–H groups in total. The molecule has 118 valence electrons. The molecule has 3 heteroatoms. The molecule has 1 aliphatic rings. The Labute approximate surface area is 128 Å². The van der Waals surface area contributed by atoms with Crippen LogP contribution in [0.25, 0.3) is 0 Å². The van der Waals surface area contributed by atoms with E-state index in [0.717, 1.165) is 13.1 Å². The lowest BCUT2D eigenvalue weighted by molar-refractivity contribution is 0.0999. The molecule has 0 amide bonds. The van der Waals surface area contributed by atoms with Crippen LogP contribution in [0.3, 0.4) is 0 Å². The lowest BCUT2D eigenvalue weighted by Gasteiger charge is -2.45. The number of nitrogens with two attached hydrogens (primary N) is 1. The molecule has 21 heavy (non-hydrogen) atoms. The van der Waals surface area contributed by atoms with Gasteiger partial charge in [0.15, 0.2) is 0 Å². The van der Waals surface area contributed by atoms with Crippen LogP contribution in [0.2, 0.25) is 0 Å². The summed E-state index contributed by atoms with van der Waals surface area (Å²) in [6, 6.07) is 7.12. The first-order valence-corrected chi connectivity index (χ1v) is 8.26. The van der Waals surface area contributed by atoms with E-state index in [1.807, 2.05) is 12.1 Å². The van der Waals surface area contributed by atoms with Crippen molar-refractivity contribution in [3.63, 3.8) is 0 Å². The third-order valence-corrected chi connectivity index (χ3v) is 5.18. The number of likely N-dealkylation sites (tertiary alicyclic amines) is 1. The smallest absolute Gasteiger partial charge is 0.128 e. The summed E-state index contributed by atoms with van der Waals surface area (Å²) in [7, 11) is 0. The van der Waals surface area contributed by atoms with E-state index in [1.165, 1.54) is 31.7 Å². The Hall–Kier alpha value is -0.930. The standard InChI is InChI=1S/C18H29FN2/c1-14(2)18(20,16-10-6-7-11-17(16)19)15(3)21-12-8-4-5-9-13-21/h6-7,10-11,14-15H,4-5,8-9,12-13,20H2,1-3H3. The van der Waals surface area contributed by atoms with E-state index < -0.39 is 5.54 Å². The molecule has 1 heterocycles. The fourth-order valence-electron chi connectivity index (χ4n) is 3.62. The summed E-state index contributed by atoms with van der Waals surface area (Å²) < 4.78 is 14.4. The fourth-order valence-corrected chi connectivity index (χ4v) is 3.62. The minimum Gasteiger partial charge on any atom is -0.320 e. The molecule has 0 aliphatic carbocycles. The maximum absolute atomic E-state index is 14.4. The summed E-state index contributed by atoms with van der Waals surface area (Å²) in [6.45, 7) is 8.50. The highest BCUT2D eigenvalue weighted by atomic mass is 19.1. The van der Waals surface area contributed by atoms with E-state index in [0.29, 0.717) is 5.56 Å². The van der Waals surface area contributed by atoms with Crippen molar-refractivity contribution >= 4 is 0 Å². The van der Waals surface area contributed by atoms with Crippen LogP contribution < -0.4 is 5.73 Å². The molecule has 2 rings (SSSR count). The molecule has 0 aromatic heterocycles. The number of hydrogen-bond donors (Lipinski definition) is 1. The minimum absolute atomic E-state index is 0.132. The van der Waals surface area contributed by atoms with Crippen LogP contribution in [0.4, 0.5) is 4.39 Å². The predicted octanol–water partition coefficient (Wildman–Crippen LogP) is 3.90. The van der Waals surface area contributed by atoms with Crippen molar-refractivity contribution in [2.24, 2.45) is 11.7 Å². The molecule has 1 aliphatic heterocycles. The molecular formula is C18H29FN2. The number of benzene rings is 1. The van der Waals surface area contributed by atoms with Gasteiger partial charge in [-0.3, -0.25) is 4.90 Å². The van der Waals surface area contributed by atoms with Gasteiger partial charge in [0.25, 0.3) is 0 Å². The van der Waals surface area contributed by atoms with E-state index in [2.05, 4.69) is 25.7 Å². The second-order valence-corrected chi connectivity index (χ2v) is 6.69. The average Bonchev–Trinajstić information content (AvgIpc) is 2.75. The van der Waals surface area contributed by atoms with Gasteiger partial charge in [-0.1, -0.05) is 44.9 Å². The normalized spacial score (nSPS) is 21.8. The molecule has 1 aromatic rings. The summed E-state index contributed by atoms with van der Waals surface area (Å²) in [5.74, 6) is -0.0111. The van der Waals surface area contributed by atoms with Crippen molar-refractivity contribution in [1.82, 2.24) is 4.90 Å². The van der Waals surface area contributed by atoms with E-state index >= 15 is 0 Å². The highest BCUT2D eigenvalue weighted by molar-refractivity contribution is 5.28. The summed E-state index contributed by atoms with van der Waals surface area (Å²) in [6.07, 6.45) is 5.02. The van der Waals surface area contributed by atoms with E-state index in [1.54, 1.807) is 6.07 Å².